The Morgan fingerprint density at radius 1 is 0.800 bits per heavy atom. The zero-order valence-corrected chi connectivity index (χ0v) is 15.9. The van der Waals surface area contributed by atoms with Gasteiger partial charge in [0, 0.05) is 19.4 Å². The van der Waals surface area contributed by atoms with Crippen molar-refractivity contribution in [3.63, 3.8) is 0 Å². The first-order valence-electron chi connectivity index (χ1n) is 9.80. The minimum absolute atomic E-state index is 0.100. The third kappa shape index (κ3) is 14.5. The van der Waals surface area contributed by atoms with Crippen LogP contribution in [0.2, 0.25) is 0 Å². The lowest BCUT2D eigenvalue weighted by Gasteiger charge is -2.14. The predicted octanol–water partition coefficient (Wildman–Crippen LogP) is 3.39. The number of unbranched alkanes of at least 4 members (excludes halogenated alkanes) is 8. The van der Waals surface area contributed by atoms with E-state index in [0.717, 1.165) is 19.3 Å². The molecule has 3 N–H and O–H groups in total. The van der Waals surface area contributed by atoms with Gasteiger partial charge in [-0.3, -0.25) is 9.59 Å². The SMILES string of the molecule is CCCCCCCCCCCC(=O)NC(CCC(=O)NCC)C(=O)O. The standard InChI is InChI=1S/C19H36N2O4/c1-3-5-6-7-8-9-10-11-12-13-18(23)21-16(19(24)25)14-15-17(22)20-4-2/h16H,3-15H2,1-2H3,(H,20,22)(H,21,23)(H,24,25). The molecule has 0 bridgehead atoms. The molecule has 0 aromatic carbocycles. The van der Waals surface area contributed by atoms with Gasteiger partial charge in [-0.05, 0) is 19.8 Å². The number of hydrogen-bond donors (Lipinski definition) is 3. The number of carbonyl (C=O) groups is 3. The van der Waals surface area contributed by atoms with Gasteiger partial charge in [-0.25, -0.2) is 4.79 Å². The van der Waals surface area contributed by atoms with Gasteiger partial charge in [0.25, 0.3) is 0 Å². The minimum atomic E-state index is -1.09. The van der Waals surface area contributed by atoms with Gasteiger partial charge in [0.1, 0.15) is 6.04 Å². The smallest absolute Gasteiger partial charge is 0.326 e. The molecule has 146 valence electrons. The Labute approximate surface area is 152 Å². The van der Waals surface area contributed by atoms with E-state index in [0.29, 0.717) is 13.0 Å². The molecule has 0 radical (unpaired) electrons. The van der Waals surface area contributed by atoms with Gasteiger partial charge in [0.2, 0.25) is 11.8 Å². The molecule has 0 aliphatic heterocycles. The zero-order valence-electron chi connectivity index (χ0n) is 15.9. The van der Waals surface area contributed by atoms with Crippen molar-refractivity contribution in [3.8, 4) is 0 Å². The second-order valence-corrected chi connectivity index (χ2v) is 6.53. The van der Waals surface area contributed by atoms with Crippen LogP contribution < -0.4 is 10.6 Å². The highest BCUT2D eigenvalue weighted by molar-refractivity contribution is 5.84. The molecule has 0 fully saturated rings. The summed E-state index contributed by atoms with van der Waals surface area (Å²) in [7, 11) is 0. The van der Waals surface area contributed by atoms with E-state index in [4.69, 9.17) is 5.11 Å². The number of rotatable bonds is 16. The van der Waals surface area contributed by atoms with E-state index >= 15 is 0 Å². The lowest BCUT2D eigenvalue weighted by molar-refractivity contribution is -0.142. The molecule has 6 nitrogen and oxygen atoms in total. The molecule has 0 saturated heterocycles. The van der Waals surface area contributed by atoms with Crippen LogP contribution in [0, 0.1) is 0 Å². The maximum atomic E-state index is 11.9. The van der Waals surface area contributed by atoms with Crippen molar-refractivity contribution in [2.45, 2.75) is 96.9 Å². The van der Waals surface area contributed by atoms with E-state index in [-0.39, 0.29) is 24.7 Å². The van der Waals surface area contributed by atoms with E-state index in [1.807, 2.05) is 0 Å². The van der Waals surface area contributed by atoms with Crippen LogP contribution in [0.4, 0.5) is 0 Å². The van der Waals surface area contributed by atoms with Crippen molar-refractivity contribution in [1.82, 2.24) is 10.6 Å². The van der Waals surface area contributed by atoms with E-state index < -0.39 is 12.0 Å². The molecule has 0 aromatic heterocycles. The Kier molecular flexibility index (Phi) is 14.9. The van der Waals surface area contributed by atoms with Crippen LogP contribution in [0.5, 0.6) is 0 Å². The number of carboxylic acids is 1. The summed E-state index contributed by atoms with van der Waals surface area (Å²) in [6.45, 7) is 4.53. The molecule has 0 rings (SSSR count). The molecule has 25 heavy (non-hydrogen) atoms. The van der Waals surface area contributed by atoms with Gasteiger partial charge < -0.3 is 15.7 Å². The highest BCUT2D eigenvalue weighted by atomic mass is 16.4. The zero-order chi connectivity index (χ0) is 18.9. The fourth-order valence-corrected chi connectivity index (χ4v) is 2.68. The van der Waals surface area contributed by atoms with Crippen molar-refractivity contribution >= 4 is 17.8 Å². The van der Waals surface area contributed by atoms with Crippen molar-refractivity contribution in [1.29, 1.82) is 0 Å². The summed E-state index contributed by atoms with van der Waals surface area (Å²) in [6, 6.07) is -0.992. The first kappa shape index (κ1) is 23.4. The van der Waals surface area contributed by atoms with E-state index in [9.17, 15) is 14.4 Å². The van der Waals surface area contributed by atoms with Crippen LogP contribution in [0.25, 0.3) is 0 Å². The third-order valence-corrected chi connectivity index (χ3v) is 4.17. The van der Waals surface area contributed by atoms with Crippen LogP contribution in [-0.2, 0) is 14.4 Å². The van der Waals surface area contributed by atoms with Gasteiger partial charge in [-0.2, -0.15) is 0 Å². The molecule has 0 saturated carbocycles. The van der Waals surface area contributed by atoms with Crippen molar-refractivity contribution in [3.05, 3.63) is 0 Å². The van der Waals surface area contributed by atoms with E-state index in [1.54, 1.807) is 6.92 Å². The predicted molar refractivity (Wildman–Crippen MR) is 99.3 cm³/mol. The number of nitrogens with one attached hydrogen (secondary N) is 2. The monoisotopic (exact) mass is 356 g/mol. The molecule has 0 heterocycles. The van der Waals surface area contributed by atoms with E-state index in [1.165, 1.54) is 38.5 Å². The molecule has 0 aromatic rings. The lowest BCUT2D eigenvalue weighted by Crippen LogP contribution is -2.41. The molecule has 1 unspecified atom stereocenters. The topological polar surface area (TPSA) is 95.5 Å². The molecular weight excluding hydrogens is 320 g/mol. The van der Waals surface area contributed by atoms with Gasteiger partial charge in [0.15, 0.2) is 0 Å². The molecule has 6 heteroatoms. The molecule has 0 aliphatic rings. The average molecular weight is 357 g/mol. The van der Waals surface area contributed by atoms with Gasteiger partial charge in [0.05, 0.1) is 0 Å². The van der Waals surface area contributed by atoms with Gasteiger partial charge in [-0.1, -0.05) is 58.3 Å². The summed E-state index contributed by atoms with van der Waals surface area (Å²) < 4.78 is 0. The van der Waals surface area contributed by atoms with Crippen molar-refractivity contribution < 1.29 is 19.5 Å². The quantitative estimate of drug-likeness (QED) is 0.369. The van der Waals surface area contributed by atoms with Crippen molar-refractivity contribution in [2.24, 2.45) is 0 Å². The van der Waals surface area contributed by atoms with Crippen LogP contribution in [0.1, 0.15) is 90.9 Å². The largest absolute Gasteiger partial charge is 0.480 e. The number of amides is 2. The number of carbonyl (C=O) groups excluding carboxylic acids is 2. The van der Waals surface area contributed by atoms with E-state index in [2.05, 4.69) is 17.6 Å². The Morgan fingerprint density at radius 3 is 1.88 bits per heavy atom. The highest BCUT2D eigenvalue weighted by Gasteiger charge is 2.20. The second-order valence-electron chi connectivity index (χ2n) is 6.53. The summed E-state index contributed by atoms with van der Waals surface area (Å²) in [6.07, 6.45) is 11.1. The Bertz CT molecular complexity index is 386. The summed E-state index contributed by atoms with van der Waals surface area (Å²) in [4.78, 5) is 34.4. The molecule has 0 aliphatic carbocycles. The Morgan fingerprint density at radius 2 is 1.36 bits per heavy atom. The fraction of sp³-hybridized carbons (Fsp3) is 0.842. The van der Waals surface area contributed by atoms with Crippen molar-refractivity contribution in [2.75, 3.05) is 6.54 Å². The van der Waals surface area contributed by atoms with Crippen LogP contribution in [0.15, 0.2) is 0 Å². The normalized spacial score (nSPS) is 11.8. The number of hydrogen-bond acceptors (Lipinski definition) is 3. The Balaban J connectivity index is 3.78. The maximum absolute atomic E-state index is 11.9. The first-order chi connectivity index (χ1) is 12.0. The number of carboxylic acid groups (broad SMARTS) is 1. The van der Waals surface area contributed by atoms with Crippen LogP contribution >= 0.6 is 0 Å². The summed E-state index contributed by atoms with van der Waals surface area (Å²) >= 11 is 0. The lowest BCUT2D eigenvalue weighted by atomic mass is 10.1. The maximum Gasteiger partial charge on any atom is 0.326 e. The summed E-state index contributed by atoms with van der Waals surface area (Å²) in [5.74, 6) is -1.53. The fourth-order valence-electron chi connectivity index (χ4n) is 2.68. The van der Waals surface area contributed by atoms with Crippen LogP contribution in [-0.4, -0.2) is 35.5 Å². The summed E-state index contributed by atoms with van der Waals surface area (Å²) in [5.41, 5.74) is 0. The Hall–Kier alpha value is -1.59. The molecule has 0 spiro atoms. The first-order valence-corrected chi connectivity index (χ1v) is 9.80. The highest BCUT2D eigenvalue weighted by Crippen LogP contribution is 2.10. The van der Waals surface area contributed by atoms with Gasteiger partial charge in [-0.15, -0.1) is 0 Å². The molecule has 2 amide bonds. The summed E-state index contributed by atoms with van der Waals surface area (Å²) in [5, 5.41) is 14.3. The average Bonchev–Trinajstić information content (AvgIpc) is 2.57. The van der Waals surface area contributed by atoms with Crippen LogP contribution in [0.3, 0.4) is 0 Å². The van der Waals surface area contributed by atoms with Gasteiger partial charge >= 0.3 is 5.97 Å². The molecule has 1 atom stereocenters. The second kappa shape index (κ2) is 15.9. The third-order valence-electron chi connectivity index (χ3n) is 4.17. The molecular formula is C19H36N2O4. The number of aliphatic carboxylic acids is 1. The minimum Gasteiger partial charge on any atom is -0.480 e.